The lowest BCUT2D eigenvalue weighted by atomic mass is 9.89. The Kier molecular flexibility index (Phi) is 3.80. The van der Waals surface area contributed by atoms with E-state index in [2.05, 4.69) is 5.32 Å². The Labute approximate surface area is 108 Å². The SMILES string of the molecule is O=C(O)C1CCC(c2ccccc2C(F)(F)F)NC1. The van der Waals surface area contributed by atoms with Crippen molar-refractivity contribution in [2.45, 2.75) is 25.1 Å². The molecule has 1 saturated heterocycles. The molecule has 1 aromatic carbocycles. The quantitative estimate of drug-likeness (QED) is 0.871. The smallest absolute Gasteiger partial charge is 0.416 e. The van der Waals surface area contributed by atoms with Crippen molar-refractivity contribution in [2.24, 2.45) is 5.92 Å². The van der Waals surface area contributed by atoms with Gasteiger partial charge in [-0.1, -0.05) is 18.2 Å². The summed E-state index contributed by atoms with van der Waals surface area (Å²) in [5, 5.41) is 11.8. The van der Waals surface area contributed by atoms with E-state index < -0.39 is 29.7 Å². The number of halogens is 3. The zero-order valence-electron chi connectivity index (χ0n) is 10.1. The van der Waals surface area contributed by atoms with Crippen molar-refractivity contribution < 1.29 is 23.1 Å². The average Bonchev–Trinajstić information content (AvgIpc) is 2.38. The molecule has 0 aromatic heterocycles. The summed E-state index contributed by atoms with van der Waals surface area (Å²) in [6.07, 6.45) is -3.61. The van der Waals surface area contributed by atoms with Crippen molar-refractivity contribution in [2.75, 3.05) is 6.54 Å². The predicted molar refractivity (Wildman–Crippen MR) is 62.5 cm³/mol. The molecule has 0 bridgehead atoms. The van der Waals surface area contributed by atoms with E-state index in [4.69, 9.17) is 5.11 Å². The normalized spacial score (nSPS) is 24.2. The number of carboxylic acids is 1. The molecule has 19 heavy (non-hydrogen) atoms. The largest absolute Gasteiger partial charge is 0.481 e. The molecule has 6 heteroatoms. The Morgan fingerprint density at radius 2 is 1.95 bits per heavy atom. The maximum Gasteiger partial charge on any atom is 0.416 e. The molecule has 104 valence electrons. The van der Waals surface area contributed by atoms with E-state index >= 15 is 0 Å². The number of piperidine rings is 1. The lowest BCUT2D eigenvalue weighted by Crippen LogP contribution is -2.37. The highest BCUT2D eigenvalue weighted by molar-refractivity contribution is 5.70. The van der Waals surface area contributed by atoms with Crippen LogP contribution in [-0.2, 0) is 11.0 Å². The Balaban J connectivity index is 2.18. The van der Waals surface area contributed by atoms with Gasteiger partial charge in [0.2, 0.25) is 0 Å². The molecule has 1 aromatic rings. The van der Waals surface area contributed by atoms with Crippen molar-refractivity contribution in [3.05, 3.63) is 35.4 Å². The topological polar surface area (TPSA) is 49.3 Å². The molecule has 0 saturated carbocycles. The molecule has 0 amide bonds. The van der Waals surface area contributed by atoms with E-state index in [9.17, 15) is 18.0 Å². The fraction of sp³-hybridized carbons (Fsp3) is 0.462. The van der Waals surface area contributed by atoms with Gasteiger partial charge in [-0.25, -0.2) is 0 Å². The summed E-state index contributed by atoms with van der Waals surface area (Å²) in [6, 6.07) is 4.99. The van der Waals surface area contributed by atoms with Crippen LogP contribution in [0.25, 0.3) is 0 Å². The molecule has 0 radical (unpaired) electrons. The number of hydrogen-bond donors (Lipinski definition) is 2. The van der Waals surface area contributed by atoms with Crippen LogP contribution in [-0.4, -0.2) is 17.6 Å². The number of aliphatic carboxylic acids is 1. The number of hydrogen-bond acceptors (Lipinski definition) is 2. The minimum Gasteiger partial charge on any atom is -0.481 e. The molecule has 3 nitrogen and oxygen atoms in total. The molecule has 0 spiro atoms. The number of nitrogens with one attached hydrogen (secondary N) is 1. The zero-order chi connectivity index (χ0) is 14.0. The Morgan fingerprint density at radius 3 is 2.47 bits per heavy atom. The fourth-order valence-electron chi connectivity index (χ4n) is 2.39. The van der Waals surface area contributed by atoms with Crippen molar-refractivity contribution >= 4 is 5.97 Å². The third-order valence-electron chi connectivity index (χ3n) is 3.41. The van der Waals surface area contributed by atoms with E-state index in [1.165, 1.54) is 12.1 Å². The van der Waals surface area contributed by atoms with Crippen LogP contribution < -0.4 is 5.32 Å². The highest BCUT2D eigenvalue weighted by Gasteiger charge is 2.36. The second-order valence-corrected chi connectivity index (χ2v) is 4.66. The van der Waals surface area contributed by atoms with Crippen molar-refractivity contribution in [3.63, 3.8) is 0 Å². The lowest BCUT2D eigenvalue weighted by molar-refractivity contribution is -0.143. The average molecular weight is 273 g/mol. The van der Waals surface area contributed by atoms with Gasteiger partial charge in [0.05, 0.1) is 11.5 Å². The maximum atomic E-state index is 12.9. The molecular formula is C13H14F3NO2. The van der Waals surface area contributed by atoms with Crippen LogP contribution in [0.15, 0.2) is 24.3 Å². The Hall–Kier alpha value is -1.56. The van der Waals surface area contributed by atoms with Gasteiger partial charge >= 0.3 is 12.1 Å². The highest BCUT2D eigenvalue weighted by Crippen LogP contribution is 2.37. The van der Waals surface area contributed by atoms with Gasteiger partial charge in [-0.05, 0) is 24.5 Å². The third kappa shape index (κ3) is 3.07. The van der Waals surface area contributed by atoms with E-state index in [1.807, 2.05) is 0 Å². The maximum absolute atomic E-state index is 12.9. The molecule has 2 unspecified atom stereocenters. The van der Waals surface area contributed by atoms with Crippen LogP contribution >= 0.6 is 0 Å². The van der Waals surface area contributed by atoms with E-state index in [1.54, 1.807) is 6.07 Å². The van der Waals surface area contributed by atoms with E-state index in [-0.39, 0.29) is 12.1 Å². The number of carboxylic acid groups (broad SMARTS) is 1. The second-order valence-electron chi connectivity index (χ2n) is 4.66. The van der Waals surface area contributed by atoms with Crippen LogP contribution in [0, 0.1) is 5.92 Å². The highest BCUT2D eigenvalue weighted by atomic mass is 19.4. The fourth-order valence-corrected chi connectivity index (χ4v) is 2.39. The number of carbonyl (C=O) groups is 1. The summed E-state index contributed by atoms with van der Waals surface area (Å²) in [5.74, 6) is -1.43. The van der Waals surface area contributed by atoms with Crippen molar-refractivity contribution in [3.8, 4) is 0 Å². The summed E-state index contributed by atoms with van der Waals surface area (Å²) in [5.41, 5.74) is -0.458. The Morgan fingerprint density at radius 1 is 1.26 bits per heavy atom. The van der Waals surface area contributed by atoms with Gasteiger partial charge in [-0.2, -0.15) is 13.2 Å². The minimum absolute atomic E-state index is 0.193. The minimum atomic E-state index is -4.39. The van der Waals surface area contributed by atoms with Crippen molar-refractivity contribution in [1.29, 1.82) is 0 Å². The summed E-state index contributed by atoms with van der Waals surface area (Å²) < 4.78 is 38.7. The summed E-state index contributed by atoms with van der Waals surface area (Å²) >= 11 is 0. The van der Waals surface area contributed by atoms with Crippen LogP contribution in [0.3, 0.4) is 0 Å². The molecule has 1 aliphatic heterocycles. The first-order valence-electron chi connectivity index (χ1n) is 6.02. The van der Waals surface area contributed by atoms with Gasteiger partial charge in [-0.15, -0.1) is 0 Å². The Bertz CT molecular complexity index is 465. The lowest BCUT2D eigenvalue weighted by Gasteiger charge is -2.29. The van der Waals surface area contributed by atoms with Gasteiger partial charge in [0.25, 0.3) is 0 Å². The van der Waals surface area contributed by atoms with E-state index in [0.717, 1.165) is 6.07 Å². The molecule has 2 rings (SSSR count). The molecule has 1 fully saturated rings. The van der Waals surface area contributed by atoms with Crippen LogP contribution in [0.2, 0.25) is 0 Å². The van der Waals surface area contributed by atoms with Crippen LogP contribution in [0.1, 0.15) is 30.0 Å². The number of alkyl halides is 3. The molecule has 1 heterocycles. The summed E-state index contributed by atoms with van der Waals surface area (Å²) in [7, 11) is 0. The van der Waals surface area contributed by atoms with Gasteiger partial charge in [0.15, 0.2) is 0 Å². The van der Waals surface area contributed by atoms with Crippen molar-refractivity contribution in [1.82, 2.24) is 5.32 Å². The van der Waals surface area contributed by atoms with Gasteiger partial charge < -0.3 is 10.4 Å². The number of benzene rings is 1. The van der Waals surface area contributed by atoms with Crippen LogP contribution in [0.5, 0.6) is 0 Å². The van der Waals surface area contributed by atoms with Crippen LogP contribution in [0.4, 0.5) is 13.2 Å². The van der Waals surface area contributed by atoms with Gasteiger partial charge in [0.1, 0.15) is 0 Å². The van der Waals surface area contributed by atoms with Gasteiger partial charge in [0, 0.05) is 12.6 Å². The third-order valence-corrected chi connectivity index (χ3v) is 3.41. The first-order chi connectivity index (χ1) is 8.89. The molecular weight excluding hydrogens is 259 g/mol. The zero-order valence-corrected chi connectivity index (χ0v) is 10.1. The molecule has 2 N–H and O–H groups in total. The molecule has 2 atom stereocenters. The summed E-state index contributed by atoms with van der Waals surface area (Å²) in [6.45, 7) is 0.201. The monoisotopic (exact) mass is 273 g/mol. The molecule has 1 aliphatic rings. The summed E-state index contributed by atoms with van der Waals surface area (Å²) in [4.78, 5) is 10.8. The molecule has 0 aliphatic carbocycles. The first kappa shape index (κ1) is 13.9. The number of rotatable bonds is 2. The van der Waals surface area contributed by atoms with Gasteiger partial charge in [-0.3, -0.25) is 4.79 Å². The van der Waals surface area contributed by atoms with E-state index in [0.29, 0.717) is 12.8 Å². The predicted octanol–water partition coefficient (Wildman–Crippen LogP) is 2.83. The standard InChI is InChI=1S/C13H14F3NO2/c14-13(15,16)10-4-2-1-3-9(10)11-6-5-8(7-17-11)12(18)19/h1-4,8,11,17H,5-7H2,(H,18,19). The first-order valence-corrected chi connectivity index (χ1v) is 6.02. The second kappa shape index (κ2) is 5.21.